The number of fused-ring (bicyclic) bond motifs is 1. The van der Waals surface area contributed by atoms with E-state index in [1.807, 2.05) is 82.3 Å². The summed E-state index contributed by atoms with van der Waals surface area (Å²) < 4.78 is 25.3. The van der Waals surface area contributed by atoms with E-state index in [0.717, 1.165) is 11.1 Å². The van der Waals surface area contributed by atoms with Crippen molar-refractivity contribution in [1.82, 2.24) is 5.32 Å². The Morgan fingerprint density at radius 1 is 1.06 bits per heavy atom. The Labute approximate surface area is 206 Å². The lowest BCUT2D eigenvalue weighted by atomic mass is 9.78. The summed E-state index contributed by atoms with van der Waals surface area (Å²) in [5, 5.41) is 3.71. The second kappa shape index (κ2) is 10.3. The van der Waals surface area contributed by atoms with Crippen molar-refractivity contribution in [2.45, 2.75) is 89.5 Å². The second-order valence-corrected chi connectivity index (χ2v) is 10.4. The zero-order chi connectivity index (χ0) is 24.3. The Morgan fingerprint density at radius 2 is 1.79 bits per heavy atom. The number of amides is 1. The summed E-state index contributed by atoms with van der Waals surface area (Å²) >= 11 is 6.15. The lowest BCUT2D eigenvalue weighted by Gasteiger charge is -2.43. The fraction of sp³-hybridized carbons (Fsp3) is 0.519. The number of carbonyl (C=O) groups excluding carboxylic acids is 1. The fourth-order valence-corrected chi connectivity index (χ4v) is 4.94. The van der Waals surface area contributed by atoms with Crippen molar-refractivity contribution in [1.29, 1.82) is 0 Å². The third-order valence-corrected chi connectivity index (χ3v) is 6.43. The number of hydrogen-bond acceptors (Lipinski definition) is 5. The number of ether oxygens (including phenoxy) is 4. The van der Waals surface area contributed by atoms with Gasteiger partial charge in [0.1, 0.15) is 6.10 Å². The van der Waals surface area contributed by atoms with Crippen molar-refractivity contribution >= 4 is 17.5 Å². The molecule has 7 heteroatoms. The van der Waals surface area contributed by atoms with E-state index < -0.39 is 17.5 Å². The molecule has 1 saturated carbocycles. The summed E-state index contributed by atoms with van der Waals surface area (Å²) in [7, 11) is 0. The average molecular weight is 488 g/mol. The summed E-state index contributed by atoms with van der Waals surface area (Å²) in [6.45, 7) is 8.33. The summed E-state index contributed by atoms with van der Waals surface area (Å²) in [4.78, 5) is 13.6. The highest BCUT2D eigenvalue weighted by Crippen LogP contribution is 2.44. The van der Waals surface area contributed by atoms with Gasteiger partial charge in [-0.2, -0.15) is 0 Å². The standard InChI is InChI=1S/C27H34ClNO5/c1-18(2)29-25(30)27(32-17-19-9-6-5-7-10-19)14-22(24-23(15-27)33-26(3,4)34-24)31-16-20-11-8-12-21(28)13-20/h5-13,18,22-24H,14-17H2,1-4H3,(H,29,30)/t22?,23-,24+,27-/m1/s1. The molecule has 34 heavy (non-hydrogen) atoms. The van der Waals surface area contributed by atoms with Crippen LogP contribution in [0.15, 0.2) is 54.6 Å². The summed E-state index contributed by atoms with van der Waals surface area (Å²) in [6, 6.07) is 17.4. The number of hydrogen-bond donors (Lipinski definition) is 1. The Kier molecular flexibility index (Phi) is 7.65. The first kappa shape index (κ1) is 25.1. The molecule has 0 spiro atoms. The Bertz CT molecular complexity index is 982. The van der Waals surface area contributed by atoms with Crippen molar-refractivity contribution in [3.8, 4) is 0 Å². The molecule has 6 nitrogen and oxygen atoms in total. The number of benzene rings is 2. The molecule has 4 rings (SSSR count). The van der Waals surface area contributed by atoms with Gasteiger partial charge in [-0.1, -0.05) is 54.1 Å². The van der Waals surface area contributed by atoms with E-state index in [-0.39, 0.29) is 24.2 Å². The van der Waals surface area contributed by atoms with Crippen LogP contribution < -0.4 is 5.32 Å². The molecule has 1 saturated heterocycles. The van der Waals surface area contributed by atoms with Crippen LogP contribution in [0.25, 0.3) is 0 Å². The molecule has 1 aliphatic heterocycles. The van der Waals surface area contributed by atoms with Crippen LogP contribution in [0.2, 0.25) is 5.02 Å². The van der Waals surface area contributed by atoms with Crippen LogP contribution in [0.5, 0.6) is 0 Å². The third-order valence-electron chi connectivity index (χ3n) is 6.19. The highest BCUT2D eigenvalue weighted by atomic mass is 35.5. The number of nitrogens with one attached hydrogen (secondary N) is 1. The van der Waals surface area contributed by atoms with Gasteiger partial charge in [0.05, 0.1) is 25.4 Å². The highest BCUT2D eigenvalue weighted by molar-refractivity contribution is 6.30. The molecule has 1 heterocycles. The molecule has 2 aliphatic rings. The fourth-order valence-electron chi connectivity index (χ4n) is 4.73. The highest BCUT2D eigenvalue weighted by Gasteiger charge is 2.58. The molecule has 1 amide bonds. The van der Waals surface area contributed by atoms with Crippen molar-refractivity contribution in [2.24, 2.45) is 0 Å². The molecule has 2 fully saturated rings. The van der Waals surface area contributed by atoms with Crippen LogP contribution in [0.4, 0.5) is 0 Å². The molecule has 1 unspecified atom stereocenters. The van der Waals surface area contributed by atoms with Crippen LogP contribution >= 0.6 is 11.6 Å². The molecular weight excluding hydrogens is 454 g/mol. The summed E-state index contributed by atoms with van der Waals surface area (Å²) in [5.41, 5.74) is 0.848. The molecule has 0 radical (unpaired) electrons. The molecule has 1 N–H and O–H groups in total. The molecule has 184 valence electrons. The second-order valence-electron chi connectivity index (χ2n) is 9.92. The molecule has 4 atom stereocenters. The quantitative estimate of drug-likeness (QED) is 0.566. The van der Waals surface area contributed by atoms with Crippen LogP contribution in [-0.4, -0.2) is 41.6 Å². The van der Waals surface area contributed by atoms with Crippen LogP contribution in [-0.2, 0) is 37.0 Å². The predicted octanol–water partition coefficient (Wildman–Crippen LogP) is 5.02. The van der Waals surface area contributed by atoms with Crippen molar-refractivity contribution in [2.75, 3.05) is 0 Å². The number of rotatable bonds is 8. The molecule has 1 aliphatic carbocycles. The number of halogens is 1. The van der Waals surface area contributed by atoms with Gasteiger partial charge in [0, 0.05) is 23.9 Å². The molecule has 0 bridgehead atoms. The van der Waals surface area contributed by atoms with Gasteiger partial charge in [0.25, 0.3) is 5.91 Å². The Morgan fingerprint density at radius 3 is 2.50 bits per heavy atom. The van der Waals surface area contributed by atoms with Crippen molar-refractivity contribution in [3.63, 3.8) is 0 Å². The van der Waals surface area contributed by atoms with Crippen molar-refractivity contribution in [3.05, 3.63) is 70.7 Å². The maximum Gasteiger partial charge on any atom is 0.252 e. The molecule has 0 aromatic heterocycles. The first-order valence-electron chi connectivity index (χ1n) is 11.9. The summed E-state index contributed by atoms with van der Waals surface area (Å²) in [6.07, 6.45) is -0.271. The maximum atomic E-state index is 13.6. The monoisotopic (exact) mass is 487 g/mol. The lowest BCUT2D eigenvalue weighted by molar-refractivity contribution is -0.183. The van der Waals surface area contributed by atoms with E-state index in [9.17, 15) is 4.79 Å². The molecular formula is C27H34ClNO5. The van der Waals surface area contributed by atoms with E-state index in [0.29, 0.717) is 31.1 Å². The van der Waals surface area contributed by atoms with Gasteiger partial charge in [0.2, 0.25) is 0 Å². The van der Waals surface area contributed by atoms with Gasteiger partial charge in [0.15, 0.2) is 11.4 Å². The number of carbonyl (C=O) groups is 1. The van der Waals surface area contributed by atoms with E-state index in [2.05, 4.69) is 5.32 Å². The molecule has 2 aromatic rings. The SMILES string of the molecule is CC(C)NC(=O)[C@@]1(OCc2ccccc2)CC(OCc2cccc(Cl)c2)[C@@H]2OC(C)(C)O[C@@H]2C1. The smallest absolute Gasteiger partial charge is 0.252 e. The van der Waals surface area contributed by atoms with Crippen LogP contribution in [0.1, 0.15) is 51.7 Å². The minimum absolute atomic E-state index is 0.0227. The topological polar surface area (TPSA) is 66.0 Å². The Hall–Kier alpha value is -1.96. The largest absolute Gasteiger partial charge is 0.371 e. The lowest BCUT2D eigenvalue weighted by Crippen LogP contribution is -2.60. The Balaban J connectivity index is 1.60. The van der Waals surface area contributed by atoms with E-state index in [1.165, 1.54) is 0 Å². The minimum atomic E-state index is -1.11. The average Bonchev–Trinajstić information content (AvgIpc) is 3.10. The zero-order valence-electron chi connectivity index (χ0n) is 20.3. The molecule has 2 aromatic carbocycles. The van der Waals surface area contributed by atoms with Crippen LogP contribution in [0, 0.1) is 0 Å². The predicted molar refractivity (Wildman–Crippen MR) is 130 cm³/mol. The van der Waals surface area contributed by atoms with Gasteiger partial charge < -0.3 is 24.3 Å². The van der Waals surface area contributed by atoms with E-state index in [4.69, 9.17) is 30.5 Å². The maximum absolute atomic E-state index is 13.6. The van der Waals surface area contributed by atoms with Gasteiger partial charge in [-0.15, -0.1) is 0 Å². The first-order chi connectivity index (χ1) is 16.2. The van der Waals surface area contributed by atoms with Gasteiger partial charge in [-0.05, 0) is 51.0 Å². The first-order valence-corrected chi connectivity index (χ1v) is 12.2. The van der Waals surface area contributed by atoms with E-state index in [1.54, 1.807) is 0 Å². The van der Waals surface area contributed by atoms with Gasteiger partial charge in [-0.3, -0.25) is 4.79 Å². The summed E-state index contributed by atoms with van der Waals surface area (Å²) in [5.74, 6) is -0.918. The van der Waals surface area contributed by atoms with Crippen molar-refractivity contribution < 1.29 is 23.7 Å². The van der Waals surface area contributed by atoms with Gasteiger partial charge >= 0.3 is 0 Å². The third kappa shape index (κ3) is 5.99. The van der Waals surface area contributed by atoms with Crippen LogP contribution in [0.3, 0.4) is 0 Å². The normalized spacial score (nSPS) is 28.0. The zero-order valence-corrected chi connectivity index (χ0v) is 21.0. The minimum Gasteiger partial charge on any atom is -0.371 e. The van der Waals surface area contributed by atoms with Gasteiger partial charge in [-0.25, -0.2) is 0 Å². The van der Waals surface area contributed by atoms with E-state index >= 15 is 0 Å².